The molecule has 2 N–H and O–H groups in total. The molecule has 0 atom stereocenters. The molecule has 2 aliphatic heterocycles. The van der Waals surface area contributed by atoms with E-state index >= 15 is 0 Å². The largest absolute Gasteiger partial charge is 0.467 e. The molecule has 2 aliphatic rings. The quantitative estimate of drug-likeness (QED) is 0.853. The van der Waals surface area contributed by atoms with Gasteiger partial charge in [-0.3, -0.25) is 4.90 Å². The average molecular weight is 299 g/mol. The van der Waals surface area contributed by atoms with Crippen molar-refractivity contribution in [2.75, 3.05) is 25.6 Å². The summed E-state index contributed by atoms with van der Waals surface area (Å²) >= 11 is 0. The van der Waals surface area contributed by atoms with E-state index in [9.17, 15) is 0 Å². The third-order valence-electron chi connectivity index (χ3n) is 3.90. The van der Waals surface area contributed by atoms with Crippen LogP contribution < -0.4 is 10.5 Å². The maximum absolute atomic E-state index is 5.99. The van der Waals surface area contributed by atoms with Crippen molar-refractivity contribution in [3.63, 3.8) is 0 Å². The molecule has 0 amide bonds. The molecule has 2 heterocycles. The number of hydrogen-bond donors (Lipinski definition) is 1. The number of nitrogens with two attached hydrogens (primary N) is 1. The van der Waals surface area contributed by atoms with Gasteiger partial charge in [0.15, 0.2) is 6.79 Å². The highest BCUT2D eigenvalue weighted by Crippen LogP contribution is 2.32. The van der Waals surface area contributed by atoms with Crippen molar-refractivity contribution in [1.29, 1.82) is 0 Å². The zero-order valence-electron chi connectivity index (χ0n) is 11.8. The van der Waals surface area contributed by atoms with Gasteiger partial charge in [0, 0.05) is 23.4 Å². The van der Waals surface area contributed by atoms with Gasteiger partial charge in [-0.05, 0) is 38.1 Å². The first-order valence-corrected chi connectivity index (χ1v) is 7.17. The molecule has 1 fully saturated rings. The van der Waals surface area contributed by atoms with Crippen molar-refractivity contribution >= 4 is 18.1 Å². The van der Waals surface area contributed by atoms with Gasteiger partial charge >= 0.3 is 0 Å². The molecule has 0 saturated carbocycles. The SMILES string of the molecule is Cl.Nc1cc2c(c(CN3CCCCCC3)c1)OCOC2. The van der Waals surface area contributed by atoms with Gasteiger partial charge in [0.25, 0.3) is 0 Å². The lowest BCUT2D eigenvalue weighted by molar-refractivity contribution is -0.0174. The average Bonchev–Trinajstić information content (AvgIpc) is 2.67. The topological polar surface area (TPSA) is 47.7 Å². The number of halogens is 1. The van der Waals surface area contributed by atoms with Gasteiger partial charge in [-0.15, -0.1) is 12.4 Å². The van der Waals surface area contributed by atoms with E-state index in [1.165, 1.54) is 44.3 Å². The first-order chi connectivity index (χ1) is 9.33. The molecule has 4 nitrogen and oxygen atoms in total. The lowest BCUT2D eigenvalue weighted by Gasteiger charge is -2.25. The number of benzene rings is 1. The minimum Gasteiger partial charge on any atom is -0.467 e. The number of rotatable bonds is 2. The Morgan fingerprint density at radius 3 is 2.60 bits per heavy atom. The third kappa shape index (κ3) is 3.57. The fraction of sp³-hybridized carbons (Fsp3) is 0.600. The summed E-state index contributed by atoms with van der Waals surface area (Å²) in [5, 5.41) is 0. The molecule has 3 rings (SSSR count). The number of anilines is 1. The van der Waals surface area contributed by atoms with E-state index in [1.807, 2.05) is 6.07 Å². The van der Waals surface area contributed by atoms with Crippen LogP contribution in [0.5, 0.6) is 5.75 Å². The van der Waals surface area contributed by atoms with E-state index < -0.39 is 0 Å². The number of hydrogen-bond acceptors (Lipinski definition) is 4. The molecular weight excluding hydrogens is 276 g/mol. The Morgan fingerprint density at radius 1 is 1.10 bits per heavy atom. The molecule has 5 heteroatoms. The van der Waals surface area contributed by atoms with Crippen molar-refractivity contribution < 1.29 is 9.47 Å². The summed E-state index contributed by atoms with van der Waals surface area (Å²) in [5.41, 5.74) is 9.08. The van der Waals surface area contributed by atoms with Crippen LogP contribution in [0.25, 0.3) is 0 Å². The van der Waals surface area contributed by atoms with E-state index in [1.54, 1.807) is 0 Å². The molecule has 1 aromatic carbocycles. The Balaban J connectivity index is 0.00000147. The molecule has 1 saturated heterocycles. The van der Waals surface area contributed by atoms with E-state index in [0.29, 0.717) is 13.4 Å². The standard InChI is InChI=1S/C15H22N2O2.ClH/c16-14-7-12(9-17-5-3-1-2-4-6-17)15-13(8-14)10-18-11-19-15;/h7-8H,1-6,9-11,16H2;1H. The van der Waals surface area contributed by atoms with Crippen LogP contribution in [-0.4, -0.2) is 24.8 Å². The van der Waals surface area contributed by atoms with Gasteiger partial charge in [0.2, 0.25) is 0 Å². The monoisotopic (exact) mass is 298 g/mol. The summed E-state index contributed by atoms with van der Waals surface area (Å²) in [5.74, 6) is 0.990. The minimum absolute atomic E-state index is 0. The van der Waals surface area contributed by atoms with Crippen molar-refractivity contribution in [2.45, 2.75) is 38.8 Å². The Labute approximate surface area is 126 Å². The van der Waals surface area contributed by atoms with Gasteiger partial charge in [0.1, 0.15) is 5.75 Å². The normalized spacial score (nSPS) is 19.4. The number of nitrogens with zero attached hydrogens (tertiary/aromatic N) is 1. The first-order valence-electron chi connectivity index (χ1n) is 7.17. The van der Waals surface area contributed by atoms with Gasteiger partial charge in [-0.25, -0.2) is 0 Å². The fourth-order valence-electron chi connectivity index (χ4n) is 2.98. The summed E-state index contributed by atoms with van der Waals surface area (Å²) in [6, 6.07) is 4.01. The van der Waals surface area contributed by atoms with Crippen LogP contribution in [-0.2, 0) is 17.9 Å². The zero-order chi connectivity index (χ0) is 13.1. The second kappa shape index (κ2) is 7.16. The number of nitrogen functional groups attached to an aromatic ring is 1. The zero-order valence-corrected chi connectivity index (χ0v) is 12.6. The van der Waals surface area contributed by atoms with Crippen molar-refractivity contribution in [1.82, 2.24) is 4.90 Å². The smallest absolute Gasteiger partial charge is 0.189 e. The van der Waals surface area contributed by atoms with Crippen LogP contribution in [0, 0.1) is 0 Å². The third-order valence-corrected chi connectivity index (χ3v) is 3.90. The van der Waals surface area contributed by atoms with E-state index in [-0.39, 0.29) is 12.4 Å². The van der Waals surface area contributed by atoms with E-state index in [2.05, 4.69) is 11.0 Å². The number of ether oxygens (including phenoxy) is 2. The maximum Gasteiger partial charge on any atom is 0.189 e. The van der Waals surface area contributed by atoms with Crippen molar-refractivity contribution in [3.8, 4) is 5.75 Å². The molecule has 0 aliphatic carbocycles. The van der Waals surface area contributed by atoms with E-state index in [4.69, 9.17) is 15.2 Å². The Morgan fingerprint density at radius 2 is 1.85 bits per heavy atom. The summed E-state index contributed by atoms with van der Waals surface area (Å²) in [6.07, 6.45) is 5.31. The second-order valence-corrected chi connectivity index (χ2v) is 5.47. The Kier molecular flexibility index (Phi) is 5.52. The molecule has 0 unspecified atom stereocenters. The van der Waals surface area contributed by atoms with Crippen LogP contribution in [0.3, 0.4) is 0 Å². The van der Waals surface area contributed by atoms with Crippen LogP contribution in [0.15, 0.2) is 12.1 Å². The lowest BCUT2D eigenvalue weighted by Crippen LogP contribution is -2.25. The molecule has 20 heavy (non-hydrogen) atoms. The van der Waals surface area contributed by atoms with Crippen molar-refractivity contribution in [3.05, 3.63) is 23.3 Å². The predicted octanol–water partition coefficient (Wildman–Crippen LogP) is 2.93. The number of likely N-dealkylation sites (tertiary alicyclic amines) is 1. The van der Waals surface area contributed by atoms with Gasteiger partial charge in [-0.2, -0.15) is 0 Å². The van der Waals surface area contributed by atoms with E-state index in [0.717, 1.165) is 23.5 Å². The summed E-state index contributed by atoms with van der Waals surface area (Å²) in [7, 11) is 0. The summed E-state index contributed by atoms with van der Waals surface area (Å²) < 4.78 is 11.0. The summed E-state index contributed by atoms with van der Waals surface area (Å²) in [4.78, 5) is 2.51. The highest BCUT2D eigenvalue weighted by Gasteiger charge is 2.18. The Bertz CT molecular complexity index is 446. The molecule has 112 valence electrons. The van der Waals surface area contributed by atoms with Crippen LogP contribution in [0.1, 0.15) is 36.8 Å². The van der Waals surface area contributed by atoms with Crippen LogP contribution in [0.2, 0.25) is 0 Å². The van der Waals surface area contributed by atoms with Gasteiger partial charge in [-0.1, -0.05) is 12.8 Å². The predicted molar refractivity (Wildman–Crippen MR) is 82.1 cm³/mol. The molecule has 1 aromatic rings. The molecular formula is C15H23ClN2O2. The molecule has 0 spiro atoms. The summed E-state index contributed by atoms with van der Waals surface area (Å²) in [6.45, 7) is 4.25. The van der Waals surface area contributed by atoms with Crippen molar-refractivity contribution in [2.24, 2.45) is 0 Å². The molecule has 0 aromatic heterocycles. The number of fused-ring (bicyclic) bond motifs is 1. The molecule has 0 bridgehead atoms. The van der Waals surface area contributed by atoms with Gasteiger partial charge in [0.05, 0.1) is 6.61 Å². The highest BCUT2D eigenvalue weighted by atomic mass is 35.5. The van der Waals surface area contributed by atoms with Gasteiger partial charge < -0.3 is 15.2 Å². The lowest BCUT2D eigenvalue weighted by atomic mass is 10.1. The second-order valence-electron chi connectivity index (χ2n) is 5.47. The highest BCUT2D eigenvalue weighted by molar-refractivity contribution is 5.85. The fourth-order valence-corrected chi connectivity index (χ4v) is 2.98. The van der Waals surface area contributed by atoms with Crippen LogP contribution in [0.4, 0.5) is 5.69 Å². The molecule has 0 radical (unpaired) electrons. The first kappa shape index (κ1) is 15.4. The maximum atomic E-state index is 5.99. The Hall–Kier alpha value is -0.970. The van der Waals surface area contributed by atoms with Crippen LogP contribution >= 0.6 is 12.4 Å². The minimum atomic E-state index is 0.